The molecule has 4 nitrogen and oxygen atoms in total. The van der Waals surface area contributed by atoms with Gasteiger partial charge in [0.05, 0.1) is 19.3 Å². The minimum absolute atomic E-state index is 0.0800. The lowest BCUT2D eigenvalue weighted by Crippen LogP contribution is -2.06. The van der Waals surface area contributed by atoms with Crippen molar-refractivity contribution in [1.29, 1.82) is 0 Å². The number of carbonyl (C=O) groups excluding carboxylic acids is 1. The maximum atomic E-state index is 11.3. The molecule has 0 spiro atoms. The van der Waals surface area contributed by atoms with Gasteiger partial charge in [0.15, 0.2) is 5.78 Å². The molecule has 0 unspecified atom stereocenters. The van der Waals surface area contributed by atoms with Crippen LogP contribution in [0.3, 0.4) is 0 Å². The summed E-state index contributed by atoms with van der Waals surface area (Å²) in [4.78, 5) is 11.3. The zero-order chi connectivity index (χ0) is 11.3. The van der Waals surface area contributed by atoms with Gasteiger partial charge in [-0.3, -0.25) is 4.79 Å². The molecule has 0 heterocycles. The van der Waals surface area contributed by atoms with Crippen molar-refractivity contribution in [2.75, 3.05) is 20.3 Å². The van der Waals surface area contributed by atoms with Gasteiger partial charge < -0.3 is 14.6 Å². The molecule has 0 saturated carbocycles. The summed E-state index contributed by atoms with van der Waals surface area (Å²) in [6.07, 6.45) is 0. The highest BCUT2D eigenvalue weighted by Crippen LogP contribution is 2.24. The molecule has 1 rings (SSSR count). The first-order valence-corrected chi connectivity index (χ1v) is 4.61. The molecule has 1 aromatic rings. The van der Waals surface area contributed by atoms with Gasteiger partial charge in [0.25, 0.3) is 0 Å². The lowest BCUT2D eigenvalue weighted by molar-refractivity contribution is 0.101. The average Bonchev–Trinajstić information content (AvgIpc) is 2.26. The summed E-state index contributed by atoms with van der Waals surface area (Å²) in [6, 6.07) is 4.99. The van der Waals surface area contributed by atoms with E-state index >= 15 is 0 Å². The lowest BCUT2D eigenvalue weighted by Gasteiger charge is -2.09. The van der Waals surface area contributed by atoms with Crippen LogP contribution in [0.25, 0.3) is 0 Å². The molecule has 15 heavy (non-hydrogen) atoms. The van der Waals surface area contributed by atoms with Crippen LogP contribution in [0.4, 0.5) is 0 Å². The number of ether oxygens (including phenoxy) is 2. The summed E-state index contributed by atoms with van der Waals surface area (Å²) in [5.41, 5.74) is 0.461. The summed E-state index contributed by atoms with van der Waals surface area (Å²) in [5, 5.41) is 8.62. The van der Waals surface area contributed by atoms with E-state index in [4.69, 9.17) is 14.6 Å². The van der Waals surface area contributed by atoms with E-state index in [1.165, 1.54) is 14.0 Å². The standard InChI is InChI=1S/C11H14O4/c1-8(13)10-7-9(14-2)3-4-11(10)15-6-5-12/h3-4,7,12H,5-6H2,1-2H3. The molecule has 0 amide bonds. The zero-order valence-corrected chi connectivity index (χ0v) is 8.82. The third kappa shape index (κ3) is 2.95. The van der Waals surface area contributed by atoms with Crippen molar-refractivity contribution in [2.45, 2.75) is 6.92 Å². The van der Waals surface area contributed by atoms with Crippen LogP contribution in [0.15, 0.2) is 18.2 Å². The average molecular weight is 210 g/mol. The van der Waals surface area contributed by atoms with Crippen LogP contribution in [0, 0.1) is 0 Å². The Kier molecular flexibility index (Phi) is 4.12. The van der Waals surface area contributed by atoms with Crippen LogP contribution in [0.2, 0.25) is 0 Å². The van der Waals surface area contributed by atoms with Crippen LogP contribution >= 0.6 is 0 Å². The van der Waals surface area contributed by atoms with E-state index in [-0.39, 0.29) is 19.0 Å². The highest BCUT2D eigenvalue weighted by atomic mass is 16.5. The molecule has 0 atom stereocenters. The van der Waals surface area contributed by atoms with Gasteiger partial charge in [-0.25, -0.2) is 0 Å². The predicted molar refractivity (Wildman–Crippen MR) is 55.6 cm³/mol. The molecule has 0 aliphatic rings. The Morgan fingerprint density at radius 3 is 2.73 bits per heavy atom. The molecule has 4 heteroatoms. The van der Waals surface area contributed by atoms with Crippen molar-refractivity contribution in [1.82, 2.24) is 0 Å². The number of Topliss-reactive ketones (excluding diaryl/α,β-unsaturated/α-hetero) is 1. The molecule has 0 saturated heterocycles. The van der Waals surface area contributed by atoms with E-state index in [9.17, 15) is 4.79 Å². The van der Waals surface area contributed by atoms with Gasteiger partial charge >= 0.3 is 0 Å². The number of carbonyl (C=O) groups is 1. The number of aliphatic hydroxyl groups excluding tert-OH is 1. The molecule has 0 bridgehead atoms. The molecule has 1 N–H and O–H groups in total. The Bertz CT molecular complexity index is 346. The zero-order valence-electron chi connectivity index (χ0n) is 8.82. The fraction of sp³-hybridized carbons (Fsp3) is 0.364. The van der Waals surface area contributed by atoms with Gasteiger partial charge in [-0.15, -0.1) is 0 Å². The molecule has 0 aromatic heterocycles. The lowest BCUT2D eigenvalue weighted by atomic mass is 10.1. The van der Waals surface area contributed by atoms with Gasteiger partial charge in [-0.2, -0.15) is 0 Å². The van der Waals surface area contributed by atoms with Crippen LogP contribution in [-0.4, -0.2) is 31.2 Å². The van der Waals surface area contributed by atoms with E-state index in [1.54, 1.807) is 18.2 Å². The Hall–Kier alpha value is -1.55. The highest BCUT2D eigenvalue weighted by molar-refractivity contribution is 5.97. The van der Waals surface area contributed by atoms with Crippen molar-refractivity contribution in [3.8, 4) is 11.5 Å². The van der Waals surface area contributed by atoms with E-state index < -0.39 is 0 Å². The maximum Gasteiger partial charge on any atom is 0.163 e. The first-order valence-electron chi connectivity index (χ1n) is 4.61. The number of rotatable bonds is 5. The second kappa shape index (κ2) is 5.36. The molecule has 0 aliphatic carbocycles. The molecule has 0 radical (unpaired) electrons. The molecule has 0 aliphatic heterocycles. The van der Waals surface area contributed by atoms with Gasteiger partial charge in [-0.05, 0) is 25.1 Å². The summed E-state index contributed by atoms with van der Waals surface area (Å²) < 4.78 is 10.2. The predicted octanol–water partition coefficient (Wildman–Crippen LogP) is 1.27. The van der Waals surface area contributed by atoms with Gasteiger partial charge in [0, 0.05) is 0 Å². The fourth-order valence-corrected chi connectivity index (χ4v) is 1.19. The molecule has 0 fully saturated rings. The number of hydrogen-bond donors (Lipinski definition) is 1. The molecular formula is C11H14O4. The summed E-state index contributed by atoms with van der Waals surface area (Å²) >= 11 is 0. The maximum absolute atomic E-state index is 11.3. The number of benzene rings is 1. The first-order chi connectivity index (χ1) is 7.19. The van der Waals surface area contributed by atoms with Crippen LogP contribution < -0.4 is 9.47 Å². The van der Waals surface area contributed by atoms with E-state index in [2.05, 4.69) is 0 Å². The number of methoxy groups -OCH3 is 1. The third-order valence-corrected chi connectivity index (χ3v) is 1.91. The first kappa shape index (κ1) is 11.5. The minimum Gasteiger partial charge on any atom is -0.497 e. The van der Waals surface area contributed by atoms with Crippen molar-refractivity contribution in [2.24, 2.45) is 0 Å². The largest absolute Gasteiger partial charge is 0.497 e. The van der Waals surface area contributed by atoms with Crippen LogP contribution in [0.5, 0.6) is 11.5 Å². The Morgan fingerprint density at radius 2 is 2.20 bits per heavy atom. The van der Waals surface area contributed by atoms with E-state index in [0.717, 1.165) is 0 Å². The normalized spacial score (nSPS) is 9.80. The fourth-order valence-electron chi connectivity index (χ4n) is 1.19. The SMILES string of the molecule is COc1ccc(OCCO)c(C(C)=O)c1. The number of hydrogen-bond acceptors (Lipinski definition) is 4. The monoisotopic (exact) mass is 210 g/mol. The summed E-state index contributed by atoms with van der Waals surface area (Å²) in [6.45, 7) is 1.55. The smallest absolute Gasteiger partial charge is 0.163 e. The summed E-state index contributed by atoms with van der Waals surface area (Å²) in [7, 11) is 1.54. The number of ketones is 1. The van der Waals surface area contributed by atoms with Crippen molar-refractivity contribution < 1.29 is 19.4 Å². The van der Waals surface area contributed by atoms with Gasteiger partial charge in [0.1, 0.15) is 18.1 Å². The molecular weight excluding hydrogens is 196 g/mol. The summed E-state index contributed by atoms with van der Waals surface area (Å²) in [5.74, 6) is 0.982. The van der Waals surface area contributed by atoms with E-state index in [1.807, 2.05) is 0 Å². The molecule has 82 valence electrons. The number of aliphatic hydroxyl groups is 1. The highest BCUT2D eigenvalue weighted by Gasteiger charge is 2.09. The van der Waals surface area contributed by atoms with Crippen molar-refractivity contribution in [3.05, 3.63) is 23.8 Å². The van der Waals surface area contributed by atoms with Gasteiger partial charge in [0.2, 0.25) is 0 Å². The van der Waals surface area contributed by atoms with Crippen molar-refractivity contribution in [3.63, 3.8) is 0 Å². The Morgan fingerprint density at radius 1 is 1.47 bits per heavy atom. The van der Waals surface area contributed by atoms with Crippen molar-refractivity contribution >= 4 is 5.78 Å². The molecule has 1 aromatic carbocycles. The van der Waals surface area contributed by atoms with Crippen LogP contribution in [0.1, 0.15) is 17.3 Å². The Labute approximate surface area is 88.4 Å². The second-order valence-electron chi connectivity index (χ2n) is 2.99. The quantitative estimate of drug-likeness (QED) is 0.743. The Balaban J connectivity index is 2.98. The van der Waals surface area contributed by atoms with Crippen LogP contribution in [-0.2, 0) is 0 Å². The van der Waals surface area contributed by atoms with E-state index in [0.29, 0.717) is 17.1 Å². The minimum atomic E-state index is -0.0955. The second-order valence-corrected chi connectivity index (χ2v) is 2.99. The topological polar surface area (TPSA) is 55.8 Å². The third-order valence-electron chi connectivity index (χ3n) is 1.91. The van der Waals surface area contributed by atoms with Gasteiger partial charge in [-0.1, -0.05) is 0 Å².